The molecule has 10 nitrogen and oxygen atoms in total. The number of nitrogens with one attached hydrogen (secondary N) is 1. The van der Waals surface area contributed by atoms with Crippen molar-refractivity contribution in [1.82, 2.24) is 34.4 Å². The average Bonchev–Trinajstić information content (AvgIpc) is 3.35. The largest absolute Gasteiger partial charge is 0.438 e. The Labute approximate surface area is 223 Å². The predicted molar refractivity (Wildman–Crippen MR) is 141 cm³/mol. The number of amides is 1. The molecule has 39 heavy (non-hydrogen) atoms. The van der Waals surface area contributed by atoms with E-state index in [2.05, 4.69) is 35.9 Å². The number of nitrogens with zero attached hydrogens (tertiary/aromatic N) is 7. The number of aromatic amines is 1. The topological polar surface area (TPSA) is 98.8 Å². The number of fused-ring (bicyclic) bond motifs is 3. The maximum absolute atomic E-state index is 14.0. The molecule has 1 aliphatic carbocycles. The van der Waals surface area contributed by atoms with E-state index in [-0.39, 0.29) is 5.91 Å². The van der Waals surface area contributed by atoms with Crippen molar-refractivity contribution in [2.75, 3.05) is 37.6 Å². The Morgan fingerprint density at radius 3 is 2.79 bits per heavy atom. The van der Waals surface area contributed by atoms with Crippen LogP contribution in [0, 0.1) is 5.82 Å². The van der Waals surface area contributed by atoms with E-state index in [1.165, 1.54) is 25.0 Å². The number of hydrogen-bond acceptors (Lipinski definition) is 7. The van der Waals surface area contributed by atoms with E-state index in [4.69, 9.17) is 4.42 Å². The number of benzene rings is 1. The quantitative estimate of drug-likeness (QED) is 0.383. The number of carbonyl (C=O) groups is 1. The summed E-state index contributed by atoms with van der Waals surface area (Å²) in [7, 11) is 0. The Balaban J connectivity index is 1.11. The monoisotopic (exact) mass is 526 g/mol. The lowest BCUT2D eigenvalue weighted by Crippen LogP contribution is -2.47. The zero-order chi connectivity index (χ0) is 26.1. The number of pyridine rings is 1. The summed E-state index contributed by atoms with van der Waals surface area (Å²) in [6, 6.07) is 8.43. The van der Waals surface area contributed by atoms with Crippen molar-refractivity contribution in [3.63, 3.8) is 0 Å². The van der Waals surface area contributed by atoms with Gasteiger partial charge in [-0.15, -0.1) is 0 Å². The fourth-order valence-corrected chi connectivity index (χ4v) is 6.05. The van der Waals surface area contributed by atoms with Gasteiger partial charge < -0.3 is 19.2 Å². The number of anilines is 1. The normalized spacial score (nSPS) is 20.2. The number of imidazole rings is 1. The van der Waals surface area contributed by atoms with Crippen molar-refractivity contribution in [2.24, 2.45) is 0 Å². The van der Waals surface area contributed by atoms with Crippen molar-refractivity contribution in [2.45, 2.75) is 31.3 Å². The highest BCUT2D eigenvalue weighted by Gasteiger charge is 2.39. The molecule has 0 radical (unpaired) electrons. The molecule has 1 N–H and O–H groups in total. The average molecular weight is 527 g/mol. The molecule has 1 saturated heterocycles. The molecule has 6 heterocycles. The number of H-pyrrole nitrogens is 1. The summed E-state index contributed by atoms with van der Waals surface area (Å²) in [5, 5.41) is 4.55. The van der Waals surface area contributed by atoms with E-state index < -0.39 is 11.9 Å². The second kappa shape index (κ2) is 8.63. The number of rotatable bonds is 4. The molecule has 1 saturated carbocycles. The Kier molecular flexibility index (Phi) is 5.03. The van der Waals surface area contributed by atoms with Gasteiger partial charge in [0, 0.05) is 56.9 Å². The van der Waals surface area contributed by atoms with Gasteiger partial charge in [0.15, 0.2) is 11.6 Å². The molecule has 11 heteroatoms. The molecule has 1 amide bonds. The van der Waals surface area contributed by atoms with Gasteiger partial charge >= 0.3 is 0 Å². The molecule has 1 aromatic carbocycles. The molecule has 8 rings (SSSR count). The Morgan fingerprint density at radius 1 is 1.08 bits per heavy atom. The van der Waals surface area contributed by atoms with Gasteiger partial charge in [-0.2, -0.15) is 5.10 Å². The lowest BCUT2D eigenvalue weighted by atomic mass is 10.0. The number of halogens is 1. The smallest absolute Gasteiger partial charge is 0.258 e. The molecule has 1 atom stereocenters. The van der Waals surface area contributed by atoms with E-state index >= 15 is 0 Å². The summed E-state index contributed by atoms with van der Waals surface area (Å²) in [6.07, 6.45) is 8.55. The molecule has 0 bridgehead atoms. The molecule has 2 aliphatic heterocycles. The zero-order valence-corrected chi connectivity index (χ0v) is 21.3. The second-order valence-electron chi connectivity index (χ2n) is 10.6. The molecule has 0 unspecified atom stereocenters. The summed E-state index contributed by atoms with van der Waals surface area (Å²) in [6.45, 7) is 4.60. The first-order chi connectivity index (χ1) is 19.1. The number of piperazine rings is 1. The minimum atomic E-state index is -0.639. The van der Waals surface area contributed by atoms with Gasteiger partial charge in [-0.3, -0.25) is 9.69 Å². The Hall–Kier alpha value is -4.25. The molecule has 198 valence electrons. The van der Waals surface area contributed by atoms with Crippen LogP contribution in [-0.4, -0.2) is 79.0 Å². The molecule has 3 aliphatic rings. The van der Waals surface area contributed by atoms with Crippen LogP contribution in [-0.2, 0) is 6.42 Å². The standard InChI is InChI=1S/C28H27FN8O2/c29-17-1-6-24-22(13-17)33-27(39-24)26-25-21(30-16-31-25)7-8-36(26)28(38)20-14-32-37-15-19(4-5-23(20)37)35-11-9-34(10-12-35)18-2-3-18/h1,4-6,13-16,18,26H,2-3,7-12H2,(H,30,31)/t26-/m0/s1. The fourth-order valence-electron chi connectivity index (χ4n) is 6.05. The molecule has 4 aromatic heterocycles. The van der Waals surface area contributed by atoms with Gasteiger partial charge in [-0.1, -0.05) is 0 Å². The summed E-state index contributed by atoms with van der Waals surface area (Å²) in [4.78, 5) is 33.0. The summed E-state index contributed by atoms with van der Waals surface area (Å²) >= 11 is 0. The third kappa shape index (κ3) is 3.79. The first-order valence-corrected chi connectivity index (χ1v) is 13.5. The van der Waals surface area contributed by atoms with Gasteiger partial charge in [0.25, 0.3) is 5.91 Å². The zero-order valence-electron chi connectivity index (χ0n) is 21.3. The first kappa shape index (κ1) is 22.7. The summed E-state index contributed by atoms with van der Waals surface area (Å²) in [5.41, 5.74) is 4.84. The number of oxazole rings is 1. The van der Waals surface area contributed by atoms with Gasteiger partial charge in [0.1, 0.15) is 11.3 Å². The Bertz CT molecular complexity index is 1710. The number of aromatic nitrogens is 5. The van der Waals surface area contributed by atoms with Crippen LogP contribution < -0.4 is 4.90 Å². The lowest BCUT2D eigenvalue weighted by Gasteiger charge is -2.36. The van der Waals surface area contributed by atoms with Crippen LogP contribution in [0.25, 0.3) is 16.6 Å². The van der Waals surface area contributed by atoms with Crippen LogP contribution in [0.5, 0.6) is 0 Å². The molecule has 2 fully saturated rings. The summed E-state index contributed by atoms with van der Waals surface area (Å²) in [5.74, 6) is -0.265. The van der Waals surface area contributed by atoms with Crippen molar-refractivity contribution >= 4 is 28.2 Å². The van der Waals surface area contributed by atoms with Crippen molar-refractivity contribution < 1.29 is 13.6 Å². The molecular formula is C28H27FN8O2. The molecular weight excluding hydrogens is 499 g/mol. The van der Waals surface area contributed by atoms with Crippen molar-refractivity contribution in [3.05, 3.63) is 77.7 Å². The van der Waals surface area contributed by atoms with Crippen LogP contribution in [0.1, 0.15) is 46.5 Å². The van der Waals surface area contributed by atoms with Gasteiger partial charge in [-0.05, 0) is 37.1 Å². The number of carbonyl (C=O) groups excluding carboxylic acids is 1. The highest BCUT2D eigenvalue weighted by Crippen LogP contribution is 2.36. The van der Waals surface area contributed by atoms with E-state index in [0.29, 0.717) is 41.2 Å². The third-order valence-electron chi connectivity index (χ3n) is 8.26. The van der Waals surface area contributed by atoms with Gasteiger partial charge in [0.2, 0.25) is 5.89 Å². The van der Waals surface area contributed by atoms with Crippen LogP contribution in [0.15, 0.2) is 53.5 Å². The minimum Gasteiger partial charge on any atom is -0.438 e. The predicted octanol–water partition coefficient (Wildman–Crippen LogP) is 3.41. The van der Waals surface area contributed by atoms with Crippen LogP contribution in [0.2, 0.25) is 0 Å². The Morgan fingerprint density at radius 2 is 1.95 bits per heavy atom. The SMILES string of the molecule is O=C(c1cnn2cc(N3CCN(C4CC4)CC3)ccc12)N1CCc2[nH]cnc2[C@H]1c1nc2cc(F)ccc2o1. The van der Waals surface area contributed by atoms with Crippen molar-refractivity contribution in [1.29, 1.82) is 0 Å². The van der Waals surface area contributed by atoms with Crippen LogP contribution in [0.3, 0.4) is 0 Å². The van der Waals surface area contributed by atoms with Crippen LogP contribution >= 0.6 is 0 Å². The highest BCUT2D eigenvalue weighted by atomic mass is 19.1. The van der Waals surface area contributed by atoms with Crippen LogP contribution in [0.4, 0.5) is 10.1 Å². The third-order valence-corrected chi connectivity index (χ3v) is 8.26. The molecule has 5 aromatic rings. The van der Waals surface area contributed by atoms with E-state index in [0.717, 1.165) is 49.1 Å². The summed E-state index contributed by atoms with van der Waals surface area (Å²) < 4.78 is 21.7. The highest BCUT2D eigenvalue weighted by molar-refractivity contribution is 6.01. The van der Waals surface area contributed by atoms with Crippen molar-refractivity contribution in [3.8, 4) is 0 Å². The van der Waals surface area contributed by atoms with E-state index in [1.807, 2.05) is 12.3 Å². The van der Waals surface area contributed by atoms with E-state index in [9.17, 15) is 9.18 Å². The minimum absolute atomic E-state index is 0.178. The fraction of sp³-hybridized carbons (Fsp3) is 0.357. The second-order valence-corrected chi connectivity index (χ2v) is 10.6. The van der Waals surface area contributed by atoms with Gasteiger partial charge in [0.05, 0.1) is 41.2 Å². The number of hydrogen-bond donors (Lipinski definition) is 1. The lowest BCUT2D eigenvalue weighted by molar-refractivity contribution is 0.0669. The maximum Gasteiger partial charge on any atom is 0.258 e. The first-order valence-electron chi connectivity index (χ1n) is 13.5. The van der Waals surface area contributed by atoms with Gasteiger partial charge in [-0.25, -0.2) is 18.9 Å². The van der Waals surface area contributed by atoms with E-state index in [1.54, 1.807) is 28.0 Å². The molecule has 0 spiro atoms. The maximum atomic E-state index is 14.0.